The van der Waals surface area contributed by atoms with Crippen LogP contribution in [0.1, 0.15) is 11.1 Å². The summed E-state index contributed by atoms with van der Waals surface area (Å²) in [5.41, 5.74) is 3.88. The lowest BCUT2D eigenvalue weighted by Gasteiger charge is -2.12. The lowest BCUT2D eigenvalue weighted by atomic mass is 10.1. The van der Waals surface area contributed by atoms with Gasteiger partial charge in [-0.3, -0.25) is 19.3 Å². The van der Waals surface area contributed by atoms with Crippen LogP contribution >= 0.6 is 11.8 Å². The first-order valence-electron chi connectivity index (χ1n) is 9.04. The molecule has 0 bridgehead atoms. The zero-order chi connectivity index (χ0) is 20.4. The molecule has 2 aromatic carbocycles. The van der Waals surface area contributed by atoms with Crippen molar-refractivity contribution >= 4 is 34.4 Å². The van der Waals surface area contributed by atoms with Crippen LogP contribution in [-0.2, 0) is 4.79 Å². The Kier molecular flexibility index (Phi) is 5.18. The van der Waals surface area contributed by atoms with Gasteiger partial charge in [0.05, 0.1) is 17.6 Å². The van der Waals surface area contributed by atoms with E-state index >= 15 is 0 Å². The van der Waals surface area contributed by atoms with Crippen molar-refractivity contribution in [1.82, 2.24) is 19.7 Å². The summed E-state index contributed by atoms with van der Waals surface area (Å²) >= 11 is 1.20. The maximum atomic E-state index is 13.0. The summed E-state index contributed by atoms with van der Waals surface area (Å²) in [4.78, 5) is 29.9. The average molecular weight is 405 g/mol. The number of anilines is 1. The summed E-state index contributed by atoms with van der Waals surface area (Å²) in [6, 6.07) is 15.0. The first kappa shape index (κ1) is 18.9. The maximum Gasteiger partial charge on any atom is 0.269 e. The minimum atomic E-state index is -0.230. The number of H-pyrrole nitrogens is 1. The molecule has 1 amide bonds. The van der Waals surface area contributed by atoms with Gasteiger partial charge in [0.25, 0.3) is 5.56 Å². The molecule has 29 heavy (non-hydrogen) atoms. The van der Waals surface area contributed by atoms with Gasteiger partial charge in [0.2, 0.25) is 5.91 Å². The second kappa shape index (κ2) is 7.92. The number of para-hydroxylation sites is 1. The van der Waals surface area contributed by atoms with E-state index < -0.39 is 0 Å². The Labute approximate surface area is 171 Å². The molecule has 0 atom stereocenters. The molecule has 146 valence electrons. The number of nitrogens with one attached hydrogen (secondary N) is 2. The standard InChI is InChI=1S/C21H19N5O2S/c1-13-8-9-15(10-14(13)2)23-18(27)12-29-21-24-19-17(11-22-25-19)20(28)26(21)16-6-4-3-5-7-16/h3-11H,12H2,1-2H3,(H,22,25)(H,23,27). The number of benzene rings is 2. The van der Waals surface area contributed by atoms with Crippen molar-refractivity contribution in [3.8, 4) is 5.69 Å². The molecule has 7 nitrogen and oxygen atoms in total. The molecule has 0 aliphatic rings. The van der Waals surface area contributed by atoms with Gasteiger partial charge in [0.15, 0.2) is 10.8 Å². The van der Waals surface area contributed by atoms with E-state index in [4.69, 9.17) is 0 Å². The lowest BCUT2D eigenvalue weighted by Crippen LogP contribution is -2.22. The van der Waals surface area contributed by atoms with Gasteiger partial charge < -0.3 is 5.32 Å². The molecule has 2 N–H and O–H groups in total. The van der Waals surface area contributed by atoms with Crippen LogP contribution in [0.3, 0.4) is 0 Å². The number of thioether (sulfide) groups is 1. The number of fused-ring (bicyclic) bond motifs is 1. The molecule has 0 saturated heterocycles. The van der Waals surface area contributed by atoms with Gasteiger partial charge in [-0.05, 0) is 49.2 Å². The van der Waals surface area contributed by atoms with E-state index in [0.29, 0.717) is 21.9 Å². The van der Waals surface area contributed by atoms with Crippen LogP contribution in [0, 0.1) is 13.8 Å². The molecule has 4 rings (SSSR count). The van der Waals surface area contributed by atoms with Gasteiger partial charge in [-0.2, -0.15) is 5.10 Å². The van der Waals surface area contributed by atoms with Crippen LogP contribution in [0.25, 0.3) is 16.7 Å². The number of aryl methyl sites for hydroxylation is 2. The molecule has 0 aliphatic heterocycles. The van der Waals surface area contributed by atoms with E-state index in [1.165, 1.54) is 28.1 Å². The first-order chi connectivity index (χ1) is 14.0. The average Bonchev–Trinajstić information content (AvgIpc) is 3.19. The summed E-state index contributed by atoms with van der Waals surface area (Å²) in [6.07, 6.45) is 1.46. The Morgan fingerprint density at radius 1 is 1.14 bits per heavy atom. The fraction of sp³-hybridized carbons (Fsp3) is 0.143. The summed E-state index contributed by atoms with van der Waals surface area (Å²) in [7, 11) is 0. The zero-order valence-corrected chi connectivity index (χ0v) is 16.8. The molecule has 0 aliphatic carbocycles. The Morgan fingerprint density at radius 2 is 1.93 bits per heavy atom. The minimum Gasteiger partial charge on any atom is -0.325 e. The van der Waals surface area contributed by atoms with Crippen LogP contribution in [0.15, 0.2) is 64.7 Å². The SMILES string of the molecule is Cc1ccc(NC(=O)CSc2nc3[nH]ncc3c(=O)n2-c2ccccc2)cc1C. The number of nitrogens with zero attached hydrogens (tertiary/aromatic N) is 3. The molecule has 4 aromatic rings. The quantitative estimate of drug-likeness (QED) is 0.392. The minimum absolute atomic E-state index is 0.117. The fourth-order valence-corrected chi connectivity index (χ4v) is 3.73. The highest BCUT2D eigenvalue weighted by atomic mass is 32.2. The van der Waals surface area contributed by atoms with Crippen molar-refractivity contribution in [3.63, 3.8) is 0 Å². The molecule has 8 heteroatoms. The predicted molar refractivity (Wildman–Crippen MR) is 115 cm³/mol. The Hall–Kier alpha value is -3.39. The molecule has 0 spiro atoms. The number of hydrogen-bond acceptors (Lipinski definition) is 5. The fourth-order valence-electron chi connectivity index (χ4n) is 2.92. The van der Waals surface area contributed by atoms with Crippen LogP contribution in [0.4, 0.5) is 5.69 Å². The van der Waals surface area contributed by atoms with Gasteiger partial charge >= 0.3 is 0 Å². The van der Waals surface area contributed by atoms with Gasteiger partial charge in [0.1, 0.15) is 5.39 Å². The topological polar surface area (TPSA) is 92.7 Å². The lowest BCUT2D eigenvalue weighted by molar-refractivity contribution is -0.113. The van der Waals surface area contributed by atoms with Crippen molar-refractivity contribution in [2.24, 2.45) is 0 Å². The summed E-state index contributed by atoms with van der Waals surface area (Å²) in [5, 5.41) is 10.4. The number of carbonyl (C=O) groups is 1. The van der Waals surface area contributed by atoms with Crippen molar-refractivity contribution in [1.29, 1.82) is 0 Å². The Balaban J connectivity index is 1.61. The van der Waals surface area contributed by atoms with E-state index in [1.54, 1.807) is 0 Å². The van der Waals surface area contributed by atoms with E-state index in [0.717, 1.165) is 11.3 Å². The summed E-state index contributed by atoms with van der Waals surface area (Å²) < 4.78 is 1.51. The van der Waals surface area contributed by atoms with Crippen molar-refractivity contribution in [3.05, 3.63) is 76.2 Å². The van der Waals surface area contributed by atoms with E-state index in [2.05, 4.69) is 20.5 Å². The van der Waals surface area contributed by atoms with Gasteiger partial charge in [-0.1, -0.05) is 36.0 Å². The highest BCUT2D eigenvalue weighted by Crippen LogP contribution is 2.21. The number of aromatic amines is 1. The zero-order valence-electron chi connectivity index (χ0n) is 16.0. The second-order valence-corrected chi connectivity index (χ2v) is 7.58. The van der Waals surface area contributed by atoms with E-state index in [-0.39, 0.29) is 17.2 Å². The van der Waals surface area contributed by atoms with Gasteiger partial charge in [0, 0.05) is 5.69 Å². The van der Waals surface area contributed by atoms with Crippen molar-refractivity contribution < 1.29 is 4.79 Å². The van der Waals surface area contributed by atoms with E-state index in [1.807, 2.05) is 62.4 Å². The van der Waals surface area contributed by atoms with E-state index in [9.17, 15) is 9.59 Å². The van der Waals surface area contributed by atoms with Crippen LogP contribution in [0.5, 0.6) is 0 Å². The molecule has 0 fully saturated rings. The molecule has 2 heterocycles. The molecular weight excluding hydrogens is 386 g/mol. The monoisotopic (exact) mass is 405 g/mol. The highest BCUT2D eigenvalue weighted by Gasteiger charge is 2.16. The predicted octanol–water partition coefficient (Wildman–Crippen LogP) is 3.46. The molecule has 0 radical (unpaired) electrons. The summed E-state index contributed by atoms with van der Waals surface area (Å²) in [6.45, 7) is 4.03. The third kappa shape index (κ3) is 3.93. The van der Waals surface area contributed by atoms with Crippen LogP contribution < -0.4 is 10.9 Å². The third-order valence-electron chi connectivity index (χ3n) is 4.59. The molecule has 0 saturated carbocycles. The summed E-state index contributed by atoms with van der Waals surface area (Å²) in [5.74, 6) is -0.0527. The number of carbonyl (C=O) groups excluding carboxylic acids is 1. The van der Waals surface area contributed by atoms with Crippen molar-refractivity contribution in [2.45, 2.75) is 19.0 Å². The molecule has 2 aromatic heterocycles. The number of hydrogen-bond donors (Lipinski definition) is 2. The number of amides is 1. The number of rotatable bonds is 5. The normalized spacial score (nSPS) is 11.0. The van der Waals surface area contributed by atoms with Gasteiger partial charge in [-0.15, -0.1) is 0 Å². The van der Waals surface area contributed by atoms with Crippen molar-refractivity contribution in [2.75, 3.05) is 11.1 Å². The maximum absolute atomic E-state index is 13.0. The van der Waals surface area contributed by atoms with Crippen LogP contribution in [-0.4, -0.2) is 31.4 Å². The smallest absolute Gasteiger partial charge is 0.269 e. The number of aromatic nitrogens is 4. The third-order valence-corrected chi connectivity index (χ3v) is 5.53. The first-order valence-corrected chi connectivity index (χ1v) is 10.0. The Morgan fingerprint density at radius 3 is 2.69 bits per heavy atom. The molecular formula is C21H19N5O2S. The largest absolute Gasteiger partial charge is 0.325 e. The second-order valence-electron chi connectivity index (χ2n) is 6.64. The highest BCUT2D eigenvalue weighted by molar-refractivity contribution is 7.99. The van der Waals surface area contributed by atoms with Crippen LogP contribution in [0.2, 0.25) is 0 Å². The van der Waals surface area contributed by atoms with Gasteiger partial charge in [-0.25, -0.2) is 4.98 Å². The molecule has 0 unspecified atom stereocenters. The Bertz CT molecular complexity index is 1250.